The van der Waals surface area contributed by atoms with Crippen molar-refractivity contribution < 1.29 is 23.9 Å². The average Bonchev–Trinajstić information content (AvgIpc) is 3.33. The molecule has 1 aliphatic heterocycles. The lowest BCUT2D eigenvalue weighted by Gasteiger charge is -2.26. The molecule has 40 heavy (non-hydrogen) atoms. The Balaban J connectivity index is 1.77. The molecule has 3 rings (SSSR count). The molecule has 1 aliphatic rings. The summed E-state index contributed by atoms with van der Waals surface area (Å²) in [5.41, 5.74) is 2.90. The molecule has 2 aromatic carbocycles. The molecule has 2 aromatic rings. The predicted molar refractivity (Wildman–Crippen MR) is 162 cm³/mol. The number of thioether (sulfide) groups is 1. The number of ketones is 2. The smallest absolute Gasteiger partial charge is 0.409 e. The van der Waals surface area contributed by atoms with Crippen molar-refractivity contribution in [3.63, 3.8) is 0 Å². The molecule has 0 radical (unpaired) electrons. The Kier molecular flexibility index (Phi) is 10.9. The molecule has 0 unspecified atom stereocenters. The molecule has 1 fully saturated rings. The molecule has 0 aliphatic carbocycles. The van der Waals surface area contributed by atoms with Gasteiger partial charge in [0.2, 0.25) is 0 Å². The number of aryl methyl sites for hydroxylation is 3. The van der Waals surface area contributed by atoms with Gasteiger partial charge in [0.1, 0.15) is 5.75 Å². The van der Waals surface area contributed by atoms with Crippen molar-refractivity contribution in [1.82, 2.24) is 4.90 Å². The number of amides is 1. The van der Waals surface area contributed by atoms with Crippen LogP contribution in [0.2, 0.25) is 0 Å². The number of Topliss-reactive ketones (excluding diaryl/α,β-unsaturated/α-hetero) is 2. The molecule has 1 saturated heterocycles. The molecule has 1 amide bonds. The number of benzene rings is 2. The number of carbonyl (C=O) groups is 3. The lowest BCUT2D eigenvalue weighted by atomic mass is 9.84. The number of carbonyl (C=O) groups excluding carboxylic acids is 3. The van der Waals surface area contributed by atoms with Crippen molar-refractivity contribution in [1.29, 1.82) is 0 Å². The molecule has 2 atom stereocenters. The molecule has 0 bridgehead atoms. The van der Waals surface area contributed by atoms with Crippen molar-refractivity contribution in [3.05, 3.63) is 58.7 Å². The van der Waals surface area contributed by atoms with Crippen molar-refractivity contribution in [2.45, 2.75) is 78.2 Å². The Bertz CT molecular complexity index is 1180. The first-order chi connectivity index (χ1) is 18.8. The molecule has 218 valence electrons. The van der Waals surface area contributed by atoms with Crippen molar-refractivity contribution in [2.24, 2.45) is 17.8 Å². The fourth-order valence-corrected chi connectivity index (χ4v) is 5.49. The van der Waals surface area contributed by atoms with Crippen LogP contribution in [0.1, 0.15) is 74.5 Å². The van der Waals surface area contributed by atoms with Crippen LogP contribution in [0.4, 0.5) is 4.79 Å². The molecular formula is C33H45NO5S. The van der Waals surface area contributed by atoms with E-state index in [0.29, 0.717) is 31.2 Å². The normalized spacial score (nSPS) is 17.3. The van der Waals surface area contributed by atoms with Gasteiger partial charge in [-0.3, -0.25) is 9.59 Å². The minimum atomic E-state index is -0.893. The number of nitrogens with zero attached hydrogens (tertiary/aromatic N) is 1. The Morgan fingerprint density at radius 2 is 1.68 bits per heavy atom. The van der Waals surface area contributed by atoms with Crippen LogP contribution < -0.4 is 4.74 Å². The highest BCUT2D eigenvalue weighted by Crippen LogP contribution is 2.34. The first kappa shape index (κ1) is 31.7. The van der Waals surface area contributed by atoms with Crippen LogP contribution in [0.15, 0.2) is 41.3 Å². The Hall–Kier alpha value is -2.80. The van der Waals surface area contributed by atoms with Crippen LogP contribution in [-0.2, 0) is 16.0 Å². The second-order valence-corrected chi connectivity index (χ2v) is 12.8. The summed E-state index contributed by atoms with van der Waals surface area (Å²) < 4.78 is 11.7. The van der Waals surface area contributed by atoms with E-state index >= 15 is 0 Å². The summed E-state index contributed by atoms with van der Waals surface area (Å²) in [5.74, 6) is 0.995. The van der Waals surface area contributed by atoms with Crippen LogP contribution in [0.5, 0.6) is 5.75 Å². The second kappa shape index (κ2) is 13.7. The lowest BCUT2D eigenvalue weighted by molar-refractivity contribution is -0.129. The Morgan fingerprint density at radius 1 is 1.05 bits per heavy atom. The van der Waals surface area contributed by atoms with Gasteiger partial charge >= 0.3 is 6.09 Å². The van der Waals surface area contributed by atoms with E-state index < -0.39 is 5.60 Å². The lowest BCUT2D eigenvalue weighted by Crippen LogP contribution is -2.36. The highest BCUT2D eigenvalue weighted by molar-refractivity contribution is 7.98. The van der Waals surface area contributed by atoms with Gasteiger partial charge in [-0.1, -0.05) is 38.1 Å². The van der Waals surface area contributed by atoms with Crippen LogP contribution in [0, 0.1) is 31.6 Å². The molecule has 0 aromatic heterocycles. The quantitative estimate of drug-likeness (QED) is 0.198. The highest BCUT2D eigenvalue weighted by Gasteiger charge is 2.40. The summed E-state index contributed by atoms with van der Waals surface area (Å²) in [6, 6.07) is 11.9. The SMILES string of the molecule is CSc1ccc(C(=O)[C@H]2CN(C(=O)OCCC(C)C)C[C@@H]2CCc2cc(C)c(OC(C)(C)C(C)=O)c(C)c2)cc1. The van der Waals surface area contributed by atoms with Gasteiger partial charge in [0, 0.05) is 29.5 Å². The van der Waals surface area contributed by atoms with Gasteiger partial charge in [-0.2, -0.15) is 0 Å². The topological polar surface area (TPSA) is 72.9 Å². The minimum Gasteiger partial charge on any atom is -0.480 e. The van der Waals surface area contributed by atoms with E-state index in [-0.39, 0.29) is 29.5 Å². The van der Waals surface area contributed by atoms with Gasteiger partial charge in [-0.25, -0.2) is 4.79 Å². The summed E-state index contributed by atoms with van der Waals surface area (Å²) >= 11 is 1.64. The van der Waals surface area contributed by atoms with Crippen LogP contribution in [0.3, 0.4) is 0 Å². The van der Waals surface area contributed by atoms with Gasteiger partial charge in [0.15, 0.2) is 17.2 Å². The van der Waals surface area contributed by atoms with Crippen molar-refractivity contribution in [3.8, 4) is 5.75 Å². The molecule has 0 N–H and O–H groups in total. The zero-order valence-corrected chi connectivity index (χ0v) is 26.2. The van der Waals surface area contributed by atoms with Crippen molar-refractivity contribution >= 4 is 29.4 Å². The zero-order chi connectivity index (χ0) is 29.6. The van der Waals surface area contributed by atoms with Gasteiger partial charge < -0.3 is 14.4 Å². The highest BCUT2D eigenvalue weighted by atomic mass is 32.2. The maximum atomic E-state index is 13.7. The van der Waals surface area contributed by atoms with Gasteiger partial charge in [0.25, 0.3) is 0 Å². The summed E-state index contributed by atoms with van der Waals surface area (Å²) in [4.78, 5) is 41.3. The standard InChI is InChI=1S/C33H45NO5S/c1-21(2)15-16-38-32(37)34-19-27(29(20-34)30(36)26-11-13-28(40-8)14-12-26)10-9-25-17-22(3)31(23(4)18-25)39-33(6,7)24(5)35/h11-14,17-18,21,27,29H,9-10,15-16,19-20H2,1-8H3/t27-,29-/m0/s1. The first-order valence-electron chi connectivity index (χ1n) is 14.2. The van der Waals surface area contributed by atoms with E-state index in [4.69, 9.17) is 9.47 Å². The third kappa shape index (κ3) is 8.12. The zero-order valence-electron chi connectivity index (χ0n) is 25.3. The first-order valence-corrected chi connectivity index (χ1v) is 15.4. The van der Waals surface area contributed by atoms with E-state index in [1.54, 1.807) is 37.4 Å². The molecule has 1 heterocycles. The molecule has 6 nitrogen and oxygen atoms in total. The van der Waals surface area contributed by atoms with E-state index in [2.05, 4.69) is 26.0 Å². The minimum absolute atomic E-state index is 0.0253. The third-order valence-electron chi connectivity index (χ3n) is 7.86. The Morgan fingerprint density at radius 3 is 2.23 bits per heavy atom. The number of hydrogen-bond donors (Lipinski definition) is 0. The van der Waals surface area contributed by atoms with Crippen LogP contribution >= 0.6 is 11.8 Å². The summed E-state index contributed by atoms with van der Waals surface area (Å²) in [6.45, 7) is 14.6. The monoisotopic (exact) mass is 567 g/mol. The van der Waals surface area contributed by atoms with Gasteiger partial charge in [-0.15, -0.1) is 11.8 Å². The number of rotatable bonds is 12. The van der Waals surface area contributed by atoms with Crippen LogP contribution in [-0.4, -0.2) is 54.1 Å². The summed E-state index contributed by atoms with van der Waals surface area (Å²) in [6.07, 6.45) is 4.04. The predicted octanol–water partition coefficient (Wildman–Crippen LogP) is 7.32. The van der Waals surface area contributed by atoms with E-state index in [1.165, 1.54) is 0 Å². The fourth-order valence-electron chi connectivity index (χ4n) is 5.08. The maximum Gasteiger partial charge on any atom is 0.409 e. The molecule has 7 heteroatoms. The van der Waals surface area contributed by atoms with E-state index in [0.717, 1.165) is 46.6 Å². The van der Waals surface area contributed by atoms with Crippen LogP contribution in [0.25, 0.3) is 0 Å². The van der Waals surface area contributed by atoms with Gasteiger partial charge in [-0.05, 0) is 101 Å². The number of likely N-dealkylation sites (tertiary alicyclic amines) is 1. The van der Waals surface area contributed by atoms with E-state index in [9.17, 15) is 14.4 Å². The summed E-state index contributed by atoms with van der Waals surface area (Å²) in [7, 11) is 0. The molecule has 0 saturated carbocycles. The maximum absolute atomic E-state index is 13.7. The second-order valence-electron chi connectivity index (χ2n) is 11.9. The third-order valence-corrected chi connectivity index (χ3v) is 8.60. The van der Waals surface area contributed by atoms with Crippen molar-refractivity contribution in [2.75, 3.05) is 26.0 Å². The summed E-state index contributed by atoms with van der Waals surface area (Å²) in [5, 5.41) is 0. The average molecular weight is 568 g/mol. The Labute approximate surface area is 244 Å². The van der Waals surface area contributed by atoms with E-state index in [1.807, 2.05) is 44.4 Å². The fraction of sp³-hybridized carbons (Fsp3) is 0.545. The largest absolute Gasteiger partial charge is 0.480 e. The van der Waals surface area contributed by atoms with Gasteiger partial charge in [0.05, 0.1) is 6.61 Å². The molecule has 0 spiro atoms. The molecular weight excluding hydrogens is 522 g/mol. The number of hydrogen-bond acceptors (Lipinski definition) is 6. The number of ether oxygens (including phenoxy) is 2.